The maximum Gasteiger partial charge on any atom is 0.417 e. The number of pyridine rings is 1. The second-order valence-corrected chi connectivity index (χ2v) is 10.1. The Balaban J connectivity index is 1.06. The lowest BCUT2D eigenvalue weighted by atomic mass is 10.2. The number of carbonyl (C=O) groups is 1. The number of thioether (sulfide) groups is 1. The highest BCUT2D eigenvalue weighted by atomic mass is 32.2. The highest BCUT2D eigenvalue weighted by Crippen LogP contribution is 2.29. The van der Waals surface area contributed by atoms with Crippen LogP contribution < -0.4 is 4.90 Å². The van der Waals surface area contributed by atoms with E-state index in [2.05, 4.69) is 20.2 Å². The molecule has 13 heteroatoms. The predicted molar refractivity (Wildman–Crippen MR) is 130 cm³/mol. The van der Waals surface area contributed by atoms with Crippen molar-refractivity contribution >= 4 is 45.0 Å². The van der Waals surface area contributed by atoms with Gasteiger partial charge in [-0.15, -0.1) is 21.5 Å². The van der Waals surface area contributed by atoms with Gasteiger partial charge in [0.2, 0.25) is 11.8 Å². The Bertz CT molecular complexity index is 1300. The van der Waals surface area contributed by atoms with Crippen LogP contribution in [-0.4, -0.2) is 62.9 Å². The third-order valence-electron chi connectivity index (χ3n) is 5.69. The van der Waals surface area contributed by atoms with Gasteiger partial charge in [0.1, 0.15) is 5.82 Å². The van der Waals surface area contributed by atoms with Gasteiger partial charge in [0.15, 0.2) is 0 Å². The highest BCUT2D eigenvalue weighted by Gasteiger charge is 2.31. The molecule has 8 nitrogen and oxygen atoms in total. The van der Waals surface area contributed by atoms with Crippen LogP contribution in [0, 0.1) is 0 Å². The number of amides is 1. The monoisotopic (exact) mass is 534 g/mol. The topological polar surface area (TPSA) is 88.2 Å². The number of aromatic nitrogens is 4. The predicted octanol–water partition coefficient (Wildman–Crippen LogP) is 4.32. The standard InChI is InChI=1S/C23H21F3N6O2S2/c24-23(25,26)15-5-6-18(27-13-15)31-9-11-32(12-10-31)21(33)14-35-22-30-29-19(34-22)7-8-20-28-16-3-1-2-4-17(16)36-20/h1-6,13H,7-12,14H2. The number of thiazole rings is 1. The molecule has 1 amide bonds. The minimum atomic E-state index is -4.41. The fourth-order valence-corrected chi connectivity index (χ4v) is 5.43. The van der Waals surface area contributed by atoms with Gasteiger partial charge in [-0.2, -0.15) is 13.2 Å². The lowest BCUT2D eigenvalue weighted by Gasteiger charge is -2.35. The summed E-state index contributed by atoms with van der Waals surface area (Å²) in [5.41, 5.74) is 0.201. The number of piperazine rings is 1. The molecule has 0 radical (unpaired) electrons. The number of hydrogen-bond donors (Lipinski definition) is 0. The molecule has 1 saturated heterocycles. The number of aryl methyl sites for hydroxylation is 2. The van der Waals surface area contributed by atoms with Crippen LogP contribution in [0.4, 0.5) is 19.0 Å². The molecule has 1 fully saturated rings. The van der Waals surface area contributed by atoms with E-state index in [1.54, 1.807) is 16.2 Å². The van der Waals surface area contributed by atoms with E-state index in [0.717, 1.165) is 27.5 Å². The van der Waals surface area contributed by atoms with Crippen molar-refractivity contribution in [2.75, 3.05) is 36.8 Å². The van der Waals surface area contributed by atoms with E-state index < -0.39 is 11.7 Å². The second kappa shape index (κ2) is 10.4. The minimum absolute atomic E-state index is 0.0609. The molecule has 0 saturated carbocycles. The van der Waals surface area contributed by atoms with Gasteiger partial charge in [0, 0.05) is 45.2 Å². The van der Waals surface area contributed by atoms with Gasteiger partial charge in [-0.05, 0) is 24.3 Å². The second-order valence-electron chi connectivity index (χ2n) is 8.10. The summed E-state index contributed by atoms with van der Waals surface area (Å²) in [6, 6.07) is 10.4. The zero-order chi connectivity index (χ0) is 25.1. The number of anilines is 1. The molecule has 3 aromatic heterocycles. The molecular weight excluding hydrogens is 513 g/mol. The zero-order valence-electron chi connectivity index (χ0n) is 18.9. The molecule has 1 aliphatic heterocycles. The first-order valence-corrected chi connectivity index (χ1v) is 13.0. The molecule has 0 N–H and O–H groups in total. The van der Waals surface area contributed by atoms with E-state index in [0.29, 0.717) is 56.0 Å². The van der Waals surface area contributed by atoms with Crippen LogP contribution in [0.5, 0.6) is 0 Å². The Morgan fingerprint density at radius 1 is 1.06 bits per heavy atom. The van der Waals surface area contributed by atoms with Crippen LogP contribution in [0.2, 0.25) is 0 Å². The smallest absolute Gasteiger partial charge is 0.416 e. The normalized spacial score (nSPS) is 14.5. The number of benzene rings is 1. The van der Waals surface area contributed by atoms with Crippen molar-refractivity contribution in [1.82, 2.24) is 25.1 Å². The number of carbonyl (C=O) groups excluding carboxylic acids is 1. The van der Waals surface area contributed by atoms with Crippen molar-refractivity contribution in [3.63, 3.8) is 0 Å². The third-order valence-corrected chi connectivity index (χ3v) is 7.59. The van der Waals surface area contributed by atoms with E-state index in [-0.39, 0.29) is 11.7 Å². The van der Waals surface area contributed by atoms with Crippen LogP contribution in [0.1, 0.15) is 16.5 Å². The van der Waals surface area contributed by atoms with Crippen molar-refractivity contribution in [3.05, 3.63) is 59.1 Å². The molecule has 0 bridgehead atoms. The van der Waals surface area contributed by atoms with Crippen LogP contribution in [0.15, 0.2) is 52.2 Å². The van der Waals surface area contributed by atoms with E-state index >= 15 is 0 Å². The molecule has 5 rings (SSSR count). The van der Waals surface area contributed by atoms with Crippen molar-refractivity contribution in [2.45, 2.75) is 24.2 Å². The average molecular weight is 535 g/mol. The Morgan fingerprint density at radius 2 is 1.86 bits per heavy atom. The van der Waals surface area contributed by atoms with Gasteiger partial charge < -0.3 is 14.2 Å². The van der Waals surface area contributed by atoms with E-state index in [1.165, 1.54) is 17.8 Å². The summed E-state index contributed by atoms with van der Waals surface area (Å²) in [6.45, 7) is 1.90. The molecule has 188 valence electrons. The lowest BCUT2D eigenvalue weighted by molar-refractivity contribution is -0.137. The Hall–Kier alpha value is -3.19. The Kier molecular flexibility index (Phi) is 7.10. The van der Waals surface area contributed by atoms with Gasteiger partial charge in [0.25, 0.3) is 5.22 Å². The fraction of sp³-hybridized carbons (Fsp3) is 0.348. The summed E-state index contributed by atoms with van der Waals surface area (Å²) in [6.07, 6.45) is -2.31. The van der Waals surface area contributed by atoms with Gasteiger partial charge >= 0.3 is 6.18 Å². The Labute approximate surface area is 212 Å². The van der Waals surface area contributed by atoms with Crippen molar-refractivity contribution in [1.29, 1.82) is 0 Å². The molecule has 0 aliphatic carbocycles. The first-order valence-electron chi connectivity index (χ1n) is 11.2. The summed E-state index contributed by atoms with van der Waals surface area (Å²) < 4.78 is 45.0. The summed E-state index contributed by atoms with van der Waals surface area (Å²) in [4.78, 5) is 24.7. The van der Waals surface area contributed by atoms with Crippen LogP contribution in [0.25, 0.3) is 10.2 Å². The lowest BCUT2D eigenvalue weighted by Crippen LogP contribution is -2.49. The number of alkyl halides is 3. The van der Waals surface area contributed by atoms with Gasteiger partial charge in [0.05, 0.1) is 26.5 Å². The molecule has 4 aromatic rings. The SMILES string of the molecule is O=C(CSc1nnc(CCc2nc3ccccc3s2)o1)N1CCN(c2ccc(C(F)(F)F)cn2)CC1. The zero-order valence-corrected chi connectivity index (χ0v) is 20.6. The molecule has 0 unspecified atom stereocenters. The highest BCUT2D eigenvalue weighted by molar-refractivity contribution is 7.99. The van der Waals surface area contributed by atoms with Gasteiger partial charge in [-0.3, -0.25) is 4.79 Å². The van der Waals surface area contributed by atoms with Crippen molar-refractivity contribution < 1.29 is 22.4 Å². The number of rotatable bonds is 7. The van der Waals surface area contributed by atoms with Gasteiger partial charge in [-0.25, -0.2) is 9.97 Å². The maximum atomic E-state index is 12.7. The summed E-state index contributed by atoms with van der Waals surface area (Å²) in [7, 11) is 0. The van der Waals surface area contributed by atoms with Crippen LogP contribution >= 0.6 is 23.1 Å². The first-order chi connectivity index (χ1) is 17.3. The first kappa shape index (κ1) is 24.5. The van der Waals surface area contributed by atoms with Crippen molar-refractivity contribution in [3.8, 4) is 0 Å². The molecule has 1 aromatic carbocycles. The molecular formula is C23H21F3N6O2S2. The van der Waals surface area contributed by atoms with E-state index in [1.807, 2.05) is 29.2 Å². The number of fused-ring (bicyclic) bond motifs is 1. The number of hydrogen-bond acceptors (Lipinski definition) is 9. The van der Waals surface area contributed by atoms with Crippen molar-refractivity contribution in [2.24, 2.45) is 0 Å². The summed E-state index contributed by atoms with van der Waals surface area (Å²) >= 11 is 2.84. The fourth-order valence-electron chi connectivity index (χ4n) is 3.78. The Morgan fingerprint density at radius 3 is 2.58 bits per heavy atom. The number of nitrogens with zero attached hydrogens (tertiary/aromatic N) is 6. The average Bonchev–Trinajstić information content (AvgIpc) is 3.52. The van der Waals surface area contributed by atoms with E-state index in [4.69, 9.17) is 4.42 Å². The summed E-state index contributed by atoms with van der Waals surface area (Å²) in [5, 5.41) is 9.44. The molecule has 0 atom stereocenters. The minimum Gasteiger partial charge on any atom is -0.416 e. The molecule has 36 heavy (non-hydrogen) atoms. The summed E-state index contributed by atoms with van der Waals surface area (Å²) in [5.74, 6) is 1.07. The number of halogens is 3. The number of para-hydroxylation sites is 1. The third kappa shape index (κ3) is 5.78. The quantitative estimate of drug-likeness (QED) is 0.324. The molecule has 4 heterocycles. The molecule has 1 aliphatic rings. The molecule has 0 spiro atoms. The van der Waals surface area contributed by atoms with E-state index in [9.17, 15) is 18.0 Å². The van der Waals surface area contributed by atoms with Crippen LogP contribution in [-0.2, 0) is 23.8 Å². The maximum absolute atomic E-state index is 12.7. The van der Waals surface area contributed by atoms with Crippen LogP contribution in [0.3, 0.4) is 0 Å². The van der Waals surface area contributed by atoms with Gasteiger partial charge in [-0.1, -0.05) is 23.9 Å². The largest absolute Gasteiger partial charge is 0.417 e.